The second-order valence-corrected chi connectivity index (χ2v) is 3.54. The summed E-state index contributed by atoms with van der Waals surface area (Å²) in [5, 5.41) is 11.9. The van der Waals surface area contributed by atoms with Crippen LogP contribution in [0.15, 0.2) is 23.6 Å². The van der Waals surface area contributed by atoms with Crippen molar-refractivity contribution in [2.75, 3.05) is 7.11 Å². The van der Waals surface area contributed by atoms with Crippen LogP contribution in [0.4, 0.5) is 0 Å². The predicted molar refractivity (Wildman–Crippen MR) is 53.1 cm³/mol. The van der Waals surface area contributed by atoms with Gasteiger partial charge < -0.3 is 4.74 Å². The molecule has 0 unspecified atom stereocenters. The Hall–Kier alpha value is -1.53. The van der Waals surface area contributed by atoms with Crippen molar-refractivity contribution in [3.05, 3.63) is 29.1 Å². The van der Waals surface area contributed by atoms with Gasteiger partial charge in [0.15, 0.2) is 0 Å². The van der Waals surface area contributed by atoms with E-state index in [0.717, 1.165) is 15.8 Å². The lowest BCUT2D eigenvalue weighted by molar-refractivity contribution is 0.415. The predicted octanol–water partition coefficient (Wildman–Crippen LogP) is 2.78. The van der Waals surface area contributed by atoms with Gasteiger partial charge in [0.25, 0.3) is 0 Å². The molecule has 0 bridgehead atoms. The molecule has 13 heavy (non-hydrogen) atoms. The molecule has 0 saturated carbocycles. The number of benzene rings is 1. The molecule has 0 fully saturated rings. The third kappa shape index (κ3) is 1.25. The summed E-state index contributed by atoms with van der Waals surface area (Å²) in [5.41, 5.74) is 0.685. The fourth-order valence-electron chi connectivity index (χ4n) is 1.26. The molecule has 3 heteroatoms. The first-order valence-corrected chi connectivity index (χ1v) is 4.68. The molecule has 1 aromatic heterocycles. The first kappa shape index (κ1) is 8.09. The maximum absolute atomic E-state index is 8.88. The number of nitriles is 1. The van der Waals surface area contributed by atoms with Crippen molar-refractivity contribution in [2.24, 2.45) is 0 Å². The second-order valence-electron chi connectivity index (χ2n) is 2.63. The van der Waals surface area contributed by atoms with Gasteiger partial charge >= 0.3 is 0 Å². The molecule has 0 radical (unpaired) electrons. The summed E-state index contributed by atoms with van der Waals surface area (Å²) in [4.78, 5) is 0. The van der Waals surface area contributed by atoms with E-state index in [4.69, 9.17) is 10.00 Å². The minimum absolute atomic E-state index is 0.685. The van der Waals surface area contributed by atoms with E-state index in [0.29, 0.717) is 5.56 Å². The number of methoxy groups -OCH3 is 1. The van der Waals surface area contributed by atoms with Gasteiger partial charge in [-0.3, -0.25) is 0 Å². The first-order chi connectivity index (χ1) is 6.35. The number of thiophene rings is 1. The molecule has 0 N–H and O–H groups in total. The number of ether oxygens (including phenoxy) is 1. The van der Waals surface area contributed by atoms with E-state index in [1.54, 1.807) is 24.5 Å². The minimum Gasteiger partial charge on any atom is -0.497 e. The summed E-state index contributed by atoms with van der Waals surface area (Å²) in [6.07, 6.45) is 0. The summed E-state index contributed by atoms with van der Waals surface area (Å²) < 4.78 is 6.12. The maximum atomic E-state index is 8.88. The van der Waals surface area contributed by atoms with Crippen LogP contribution >= 0.6 is 11.3 Å². The summed E-state index contributed by atoms with van der Waals surface area (Å²) in [5.74, 6) is 0.738. The number of hydrogen-bond donors (Lipinski definition) is 0. The molecule has 0 saturated heterocycles. The third-order valence-electron chi connectivity index (χ3n) is 1.88. The zero-order chi connectivity index (χ0) is 9.26. The van der Waals surface area contributed by atoms with E-state index in [1.807, 2.05) is 17.5 Å². The van der Waals surface area contributed by atoms with Crippen molar-refractivity contribution in [2.45, 2.75) is 0 Å². The molecule has 0 aliphatic rings. The smallest absolute Gasteiger partial charge is 0.120 e. The monoisotopic (exact) mass is 189 g/mol. The minimum atomic E-state index is 0.685. The topological polar surface area (TPSA) is 33.0 Å². The van der Waals surface area contributed by atoms with Crippen LogP contribution in [0.2, 0.25) is 0 Å². The summed E-state index contributed by atoms with van der Waals surface area (Å²) in [7, 11) is 1.61. The Morgan fingerprint density at radius 3 is 3.00 bits per heavy atom. The lowest BCUT2D eigenvalue weighted by Crippen LogP contribution is -1.83. The summed E-state index contributed by atoms with van der Waals surface area (Å²) in [6, 6.07) is 7.85. The van der Waals surface area contributed by atoms with E-state index in [1.165, 1.54) is 0 Å². The Morgan fingerprint density at radius 1 is 1.46 bits per heavy atom. The molecule has 2 aromatic rings. The number of nitrogens with zero attached hydrogens (tertiary/aromatic N) is 1. The van der Waals surface area contributed by atoms with Gasteiger partial charge in [-0.15, -0.1) is 11.3 Å². The normalized spacial score (nSPS) is 9.85. The van der Waals surface area contributed by atoms with E-state index >= 15 is 0 Å². The van der Waals surface area contributed by atoms with Crippen LogP contribution in [-0.2, 0) is 0 Å². The second kappa shape index (κ2) is 3.08. The fourth-order valence-corrected chi connectivity index (χ4v) is 2.10. The Labute approximate surface area is 80.0 Å². The van der Waals surface area contributed by atoms with Crippen molar-refractivity contribution in [3.63, 3.8) is 0 Å². The number of hydrogen-bond acceptors (Lipinski definition) is 3. The molecule has 0 amide bonds. The van der Waals surface area contributed by atoms with Crippen molar-refractivity contribution in [3.8, 4) is 11.8 Å². The van der Waals surface area contributed by atoms with Crippen molar-refractivity contribution in [1.82, 2.24) is 0 Å². The average Bonchev–Trinajstić information content (AvgIpc) is 2.63. The van der Waals surface area contributed by atoms with Gasteiger partial charge in [0.05, 0.1) is 17.4 Å². The average molecular weight is 189 g/mol. The molecular formula is C10H7NOS. The van der Waals surface area contributed by atoms with Crippen LogP contribution in [0.1, 0.15) is 5.56 Å². The van der Waals surface area contributed by atoms with Gasteiger partial charge in [0.1, 0.15) is 11.8 Å². The molecule has 2 rings (SSSR count). The molecule has 64 valence electrons. The summed E-state index contributed by atoms with van der Waals surface area (Å²) in [6.45, 7) is 0. The van der Waals surface area contributed by atoms with Crippen molar-refractivity contribution in [1.29, 1.82) is 5.26 Å². The Bertz CT molecular complexity index is 481. The number of fused-ring (bicyclic) bond motifs is 1. The van der Waals surface area contributed by atoms with Crippen LogP contribution < -0.4 is 4.74 Å². The highest BCUT2D eigenvalue weighted by Crippen LogP contribution is 2.28. The van der Waals surface area contributed by atoms with Crippen molar-refractivity contribution >= 4 is 21.4 Å². The molecule has 0 aliphatic carbocycles. The van der Waals surface area contributed by atoms with E-state index < -0.39 is 0 Å². The van der Waals surface area contributed by atoms with E-state index in [-0.39, 0.29) is 0 Å². The Balaban J connectivity index is 2.79. The van der Waals surface area contributed by atoms with Gasteiger partial charge in [0.2, 0.25) is 0 Å². The highest BCUT2D eigenvalue weighted by atomic mass is 32.1. The lowest BCUT2D eigenvalue weighted by Gasteiger charge is -2.00. The van der Waals surface area contributed by atoms with Crippen LogP contribution in [0.25, 0.3) is 10.1 Å². The quantitative estimate of drug-likeness (QED) is 0.691. The standard InChI is InChI=1S/C10H7NOS/c1-12-9-4-7-2-3-13-10(7)8(5-9)6-11/h2-5H,1H3. The van der Waals surface area contributed by atoms with E-state index in [2.05, 4.69) is 6.07 Å². The van der Waals surface area contributed by atoms with Crippen molar-refractivity contribution < 1.29 is 4.74 Å². The molecular weight excluding hydrogens is 182 g/mol. The number of rotatable bonds is 1. The lowest BCUT2D eigenvalue weighted by atomic mass is 10.2. The van der Waals surface area contributed by atoms with Gasteiger partial charge in [-0.05, 0) is 29.0 Å². The van der Waals surface area contributed by atoms with Crippen LogP contribution in [0, 0.1) is 11.3 Å². The molecule has 2 nitrogen and oxygen atoms in total. The zero-order valence-corrected chi connectivity index (χ0v) is 7.89. The molecule has 1 heterocycles. The SMILES string of the molecule is COc1cc(C#N)c2sccc2c1. The Morgan fingerprint density at radius 2 is 2.31 bits per heavy atom. The van der Waals surface area contributed by atoms with Gasteiger partial charge in [0, 0.05) is 0 Å². The first-order valence-electron chi connectivity index (χ1n) is 3.80. The summed E-state index contributed by atoms with van der Waals surface area (Å²) >= 11 is 1.58. The molecule has 0 atom stereocenters. The maximum Gasteiger partial charge on any atom is 0.120 e. The molecule has 0 spiro atoms. The largest absolute Gasteiger partial charge is 0.497 e. The zero-order valence-electron chi connectivity index (χ0n) is 7.07. The highest BCUT2D eigenvalue weighted by Gasteiger charge is 2.04. The molecule has 0 aliphatic heterocycles. The highest BCUT2D eigenvalue weighted by molar-refractivity contribution is 7.17. The Kier molecular flexibility index (Phi) is 1.91. The van der Waals surface area contributed by atoms with Gasteiger partial charge in [-0.1, -0.05) is 0 Å². The molecule has 1 aromatic carbocycles. The van der Waals surface area contributed by atoms with Crippen LogP contribution in [-0.4, -0.2) is 7.11 Å². The van der Waals surface area contributed by atoms with Crippen LogP contribution in [0.3, 0.4) is 0 Å². The van der Waals surface area contributed by atoms with Gasteiger partial charge in [-0.25, -0.2) is 0 Å². The fraction of sp³-hybridized carbons (Fsp3) is 0.100. The van der Waals surface area contributed by atoms with Gasteiger partial charge in [-0.2, -0.15) is 5.26 Å². The van der Waals surface area contributed by atoms with E-state index in [9.17, 15) is 0 Å². The van der Waals surface area contributed by atoms with Crippen LogP contribution in [0.5, 0.6) is 5.75 Å². The third-order valence-corrected chi connectivity index (χ3v) is 2.84.